The summed E-state index contributed by atoms with van der Waals surface area (Å²) in [6, 6.07) is 10.5. The standard InChI is InChI=1S/C16H19FN2O/c1-3-19(10-15-6-4-5-12(2)18-15)16-8-13(11-20)7-14(17)9-16/h4-9,20H,3,10-11H2,1-2H3. The maximum absolute atomic E-state index is 13.6. The molecule has 0 aliphatic carbocycles. The van der Waals surface area contributed by atoms with Crippen LogP contribution in [0.3, 0.4) is 0 Å². The van der Waals surface area contributed by atoms with E-state index >= 15 is 0 Å². The third-order valence-corrected chi connectivity index (χ3v) is 3.17. The van der Waals surface area contributed by atoms with Gasteiger partial charge in [0.15, 0.2) is 0 Å². The quantitative estimate of drug-likeness (QED) is 0.910. The largest absolute Gasteiger partial charge is 0.392 e. The number of hydrogen-bond acceptors (Lipinski definition) is 3. The van der Waals surface area contributed by atoms with Crippen molar-refractivity contribution in [2.45, 2.75) is 27.0 Å². The van der Waals surface area contributed by atoms with Gasteiger partial charge in [0.05, 0.1) is 18.8 Å². The summed E-state index contributed by atoms with van der Waals surface area (Å²) in [5.41, 5.74) is 3.26. The van der Waals surface area contributed by atoms with Gasteiger partial charge in [-0.15, -0.1) is 0 Å². The van der Waals surface area contributed by atoms with Crippen LogP contribution in [0.15, 0.2) is 36.4 Å². The molecule has 1 aromatic carbocycles. The minimum Gasteiger partial charge on any atom is -0.392 e. The second-order valence-corrected chi connectivity index (χ2v) is 4.76. The van der Waals surface area contributed by atoms with E-state index in [1.165, 1.54) is 12.1 Å². The highest BCUT2D eigenvalue weighted by molar-refractivity contribution is 5.49. The predicted molar refractivity (Wildman–Crippen MR) is 78.0 cm³/mol. The maximum atomic E-state index is 13.6. The first-order valence-corrected chi connectivity index (χ1v) is 6.70. The van der Waals surface area contributed by atoms with Crippen molar-refractivity contribution in [1.29, 1.82) is 0 Å². The molecule has 1 N–H and O–H groups in total. The summed E-state index contributed by atoms with van der Waals surface area (Å²) >= 11 is 0. The van der Waals surface area contributed by atoms with E-state index in [0.29, 0.717) is 12.1 Å². The number of aromatic nitrogens is 1. The molecule has 0 aliphatic heterocycles. The molecule has 0 unspecified atom stereocenters. The second kappa shape index (κ2) is 6.48. The van der Waals surface area contributed by atoms with Gasteiger partial charge in [0.2, 0.25) is 0 Å². The molecule has 0 radical (unpaired) electrons. The molecule has 0 spiro atoms. The van der Waals surface area contributed by atoms with E-state index in [4.69, 9.17) is 5.11 Å². The number of hydrogen-bond donors (Lipinski definition) is 1. The van der Waals surface area contributed by atoms with Crippen LogP contribution in [0, 0.1) is 12.7 Å². The first kappa shape index (κ1) is 14.5. The van der Waals surface area contributed by atoms with E-state index in [1.54, 1.807) is 0 Å². The van der Waals surface area contributed by atoms with Gasteiger partial charge < -0.3 is 10.0 Å². The van der Waals surface area contributed by atoms with Crippen LogP contribution in [0.5, 0.6) is 0 Å². The number of anilines is 1. The molecule has 2 aromatic rings. The van der Waals surface area contributed by atoms with E-state index in [2.05, 4.69) is 4.98 Å². The number of aryl methyl sites for hydroxylation is 1. The highest BCUT2D eigenvalue weighted by Gasteiger charge is 2.09. The minimum absolute atomic E-state index is 0.162. The van der Waals surface area contributed by atoms with Crippen molar-refractivity contribution in [3.63, 3.8) is 0 Å². The molecule has 3 nitrogen and oxygen atoms in total. The Balaban J connectivity index is 2.26. The summed E-state index contributed by atoms with van der Waals surface area (Å²) in [6.07, 6.45) is 0. The van der Waals surface area contributed by atoms with Crippen LogP contribution >= 0.6 is 0 Å². The summed E-state index contributed by atoms with van der Waals surface area (Å²) in [5, 5.41) is 9.17. The Labute approximate surface area is 118 Å². The summed E-state index contributed by atoms with van der Waals surface area (Å²) in [7, 11) is 0. The maximum Gasteiger partial charge on any atom is 0.125 e. The minimum atomic E-state index is -0.331. The monoisotopic (exact) mass is 274 g/mol. The number of aliphatic hydroxyl groups excluding tert-OH is 1. The van der Waals surface area contributed by atoms with Crippen molar-refractivity contribution in [3.05, 3.63) is 59.2 Å². The van der Waals surface area contributed by atoms with Gasteiger partial charge >= 0.3 is 0 Å². The first-order valence-electron chi connectivity index (χ1n) is 6.70. The fraction of sp³-hybridized carbons (Fsp3) is 0.312. The van der Waals surface area contributed by atoms with Crippen LogP contribution in [-0.4, -0.2) is 16.6 Å². The summed E-state index contributed by atoms with van der Waals surface area (Å²) in [5.74, 6) is -0.331. The van der Waals surface area contributed by atoms with Crippen LogP contribution < -0.4 is 4.90 Å². The molecule has 0 amide bonds. The Morgan fingerprint density at radius 3 is 2.70 bits per heavy atom. The van der Waals surface area contributed by atoms with Crippen LogP contribution in [0.2, 0.25) is 0 Å². The van der Waals surface area contributed by atoms with Gasteiger partial charge in [-0.1, -0.05) is 6.07 Å². The molecular formula is C16H19FN2O. The zero-order valence-corrected chi connectivity index (χ0v) is 11.8. The number of rotatable bonds is 5. The predicted octanol–water partition coefficient (Wildman–Crippen LogP) is 3.05. The van der Waals surface area contributed by atoms with Crippen LogP contribution in [0.4, 0.5) is 10.1 Å². The van der Waals surface area contributed by atoms with Crippen molar-refractivity contribution in [2.24, 2.45) is 0 Å². The molecule has 1 heterocycles. The molecule has 2 rings (SSSR count). The van der Waals surface area contributed by atoms with E-state index < -0.39 is 0 Å². The van der Waals surface area contributed by atoms with E-state index in [-0.39, 0.29) is 12.4 Å². The fourth-order valence-corrected chi connectivity index (χ4v) is 2.18. The van der Waals surface area contributed by atoms with Gasteiger partial charge in [0, 0.05) is 17.9 Å². The SMILES string of the molecule is CCN(Cc1cccc(C)n1)c1cc(F)cc(CO)c1. The lowest BCUT2D eigenvalue weighted by atomic mass is 10.1. The number of aliphatic hydroxyl groups is 1. The summed E-state index contributed by atoms with van der Waals surface area (Å²) < 4.78 is 13.6. The molecule has 20 heavy (non-hydrogen) atoms. The van der Waals surface area contributed by atoms with Crippen LogP contribution in [0.1, 0.15) is 23.9 Å². The third kappa shape index (κ3) is 3.54. The average Bonchev–Trinajstić information content (AvgIpc) is 2.44. The Morgan fingerprint density at radius 1 is 1.25 bits per heavy atom. The van der Waals surface area contributed by atoms with Gasteiger partial charge in [0.1, 0.15) is 5.82 Å². The zero-order valence-electron chi connectivity index (χ0n) is 11.8. The van der Waals surface area contributed by atoms with Gasteiger partial charge in [0.25, 0.3) is 0 Å². The topological polar surface area (TPSA) is 36.4 Å². The Bertz CT molecular complexity index is 586. The summed E-state index contributed by atoms with van der Waals surface area (Å²) in [4.78, 5) is 6.50. The molecule has 106 valence electrons. The van der Waals surface area contributed by atoms with Crippen molar-refractivity contribution >= 4 is 5.69 Å². The smallest absolute Gasteiger partial charge is 0.125 e. The Hall–Kier alpha value is -1.94. The second-order valence-electron chi connectivity index (χ2n) is 4.76. The molecule has 0 atom stereocenters. The molecule has 4 heteroatoms. The van der Waals surface area contributed by atoms with Gasteiger partial charge in [-0.2, -0.15) is 0 Å². The Morgan fingerprint density at radius 2 is 2.05 bits per heavy atom. The zero-order chi connectivity index (χ0) is 14.5. The number of pyridine rings is 1. The van der Waals surface area contributed by atoms with E-state index in [0.717, 1.165) is 23.6 Å². The molecule has 0 fully saturated rings. The van der Waals surface area contributed by atoms with Gasteiger partial charge in [-0.3, -0.25) is 4.98 Å². The van der Waals surface area contributed by atoms with Gasteiger partial charge in [-0.25, -0.2) is 4.39 Å². The highest BCUT2D eigenvalue weighted by Crippen LogP contribution is 2.20. The number of nitrogens with zero attached hydrogens (tertiary/aromatic N) is 2. The molecule has 0 saturated carbocycles. The first-order chi connectivity index (χ1) is 9.62. The number of benzene rings is 1. The lowest BCUT2D eigenvalue weighted by Crippen LogP contribution is -2.23. The van der Waals surface area contributed by atoms with Crippen molar-refractivity contribution < 1.29 is 9.50 Å². The molecule has 0 saturated heterocycles. The van der Waals surface area contributed by atoms with Gasteiger partial charge in [-0.05, 0) is 49.7 Å². The molecule has 0 aliphatic rings. The summed E-state index contributed by atoms with van der Waals surface area (Å²) in [6.45, 7) is 5.16. The number of halogens is 1. The van der Waals surface area contributed by atoms with E-state index in [1.807, 2.05) is 43.0 Å². The normalized spacial score (nSPS) is 10.6. The Kier molecular flexibility index (Phi) is 4.69. The molecule has 0 bridgehead atoms. The highest BCUT2D eigenvalue weighted by atomic mass is 19.1. The lowest BCUT2D eigenvalue weighted by molar-refractivity contribution is 0.281. The van der Waals surface area contributed by atoms with Crippen molar-refractivity contribution in [1.82, 2.24) is 4.98 Å². The lowest BCUT2D eigenvalue weighted by Gasteiger charge is -2.23. The fourth-order valence-electron chi connectivity index (χ4n) is 2.18. The van der Waals surface area contributed by atoms with Crippen molar-refractivity contribution in [3.8, 4) is 0 Å². The molecular weight excluding hydrogens is 255 g/mol. The van der Waals surface area contributed by atoms with Crippen LogP contribution in [0.25, 0.3) is 0 Å². The van der Waals surface area contributed by atoms with Crippen molar-refractivity contribution in [2.75, 3.05) is 11.4 Å². The van der Waals surface area contributed by atoms with Crippen LogP contribution in [-0.2, 0) is 13.2 Å². The van der Waals surface area contributed by atoms with E-state index in [9.17, 15) is 4.39 Å². The average molecular weight is 274 g/mol. The molecule has 1 aromatic heterocycles. The third-order valence-electron chi connectivity index (χ3n) is 3.17.